The van der Waals surface area contributed by atoms with E-state index in [1.807, 2.05) is 6.07 Å². The van der Waals surface area contributed by atoms with Crippen molar-refractivity contribution in [1.82, 2.24) is 14.6 Å². The maximum atomic E-state index is 12.3. The third-order valence-corrected chi connectivity index (χ3v) is 3.41. The van der Waals surface area contributed by atoms with E-state index < -0.39 is 0 Å². The molecule has 0 aliphatic heterocycles. The van der Waals surface area contributed by atoms with E-state index in [0.29, 0.717) is 22.8 Å². The molecule has 22 heavy (non-hydrogen) atoms. The highest BCUT2D eigenvalue weighted by atomic mass is 35.5. The minimum absolute atomic E-state index is 0.266. The summed E-state index contributed by atoms with van der Waals surface area (Å²) >= 11 is 6.15. The van der Waals surface area contributed by atoms with Gasteiger partial charge in [-0.1, -0.05) is 17.7 Å². The molecule has 110 valence electrons. The van der Waals surface area contributed by atoms with Gasteiger partial charge in [-0.15, -0.1) is 6.58 Å². The topological polar surface area (TPSA) is 59.3 Å². The lowest BCUT2D eigenvalue weighted by atomic mass is 10.2. The average molecular weight is 313 g/mol. The van der Waals surface area contributed by atoms with E-state index in [1.54, 1.807) is 41.2 Å². The van der Waals surface area contributed by atoms with Crippen molar-refractivity contribution < 1.29 is 4.79 Å². The van der Waals surface area contributed by atoms with Gasteiger partial charge in [-0.05, 0) is 30.7 Å². The minimum atomic E-state index is -0.266. The van der Waals surface area contributed by atoms with Gasteiger partial charge < -0.3 is 5.32 Å². The summed E-state index contributed by atoms with van der Waals surface area (Å²) in [5.41, 5.74) is 2.30. The highest BCUT2D eigenvalue weighted by Crippen LogP contribution is 2.23. The van der Waals surface area contributed by atoms with E-state index >= 15 is 0 Å². The predicted molar refractivity (Wildman–Crippen MR) is 86.3 cm³/mol. The van der Waals surface area contributed by atoms with Gasteiger partial charge in [-0.3, -0.25) is 9.78 Å². The number of hydrogen-bond donors (Lipinski definition) is 1. The summed E-state index contributed by atoms with van der Waals surface area (Å²) in [5, 5.41) is 7.64. The number of anilines is 1. The first-order chi connectivity index (χ1) is 10.7. The monoisotopic (exact) mass is 312 g/mol. The van der Waals surface area contributed by atoms with Crippen LogP contribution < -0.4 is 5.32 Å². The molecule has 0 radical (unpaired) electrons. The zero-order valence-electron chi connectivity index (χ0n) is 11.7. The van der Waals surface area contributed by atoms with Crippen LogP contribution in [0.4, 0.5) is 5.82 Å². The first-order valence-corrected chi connectivity index (χ1v) is 7.05. The van der Waals surface area contributed by atoms with Crippen molar-refractivity contribution >= 4 is 28.8 Å². The zero-order valence-corrected chi connectivity index (χ0v) is 12.4. The molecule has 5 nitrogen and oxygen atoms in total. The second-order valence-electron chi connectivity index (χ2n) is 4.71. The number of fused-ring (bicyclic) bond motifs is 1. The molecule has 3 rings (SSSR count). The van der Waals surface area contributed by atoms with Crippen LogP contribution in [0.15, 0.2) is 55.5 Å². The van der Waals surface area contributed by atoms with Crippen LogP contribution in [0.2, 0.25) is 5.02 Å². The Bertz CT molecular complexity index is 842. The Morgan fingerprint density at radius 1 is 1.41 bits per heavy atom. The summed E-state index contributed by atoms with van der Waals surface area (Å²) in [7, 11) is 0. The molecule has 3 aromatic rings. The van der Waals surface area contributed by atoms with Crippen LogP contribution in [0.3, 0.4) is 0 Å². The third kappa shape index (κ3) is 2.71. The summed E-state index contributed by atoms with van der Waals surface area (Å²) in [6.45, 7) is 3.73. The Morgan fingerprint density at radius 3 is 3.00 bits per heavy atom. The summed E-state index contributed by atoms with van der Waals surface area (Å²) in [5.74, 6) is 0.240. The van der Waals surface area contributed by atoms with Crippen LogP contribution >= 0.6 is 11.6 Å². The van der Waals surface area contributed by atoms with Gasteiger partial charge in [0.15, 0.2) is 0 Å². The molecule has 3 heterocycles. The van der Waals surface area contributed by atoms with Gasteiger partial charge >= 0.3 is 0 Å². The van der Waals surface area contributed by atoms with E-state index in [0.717, 1.165) is 11.1 Å². The van der Waals surface area contributed by atoms with Crippen LogP contribution in [0.5, 0.6) is 0 Å². The second-order valence-corrected chi connectivity index (χ2v) is 5.15. The number of amides is 1. The Labute approximate surface area is 132 Å². The van der Waals surface area contributed by atoms with Gasteiger partial charge in [0.25, 0.3) is 5.91 Å². The van der Waals surface area contributed by atoms with Crippen molar-refractivity contribution in [2.45, 2.75) is 6.42 Å². The Hall–Kier alpha value is -2.66. The Morgan fingerprint density at radius 2 is 2.27 bits per heavy atom. The number of pyridine rings is 2. The SMILES string of the molecule is C=CCc1cnn2c(NC(=O)c3cccnc3)cc(Cl)cc12. The molecule has 0 saturated heterocycles. The molecule has 0 unspecified atom stereocenters. The summed E-state index contributed by atoms with van der Waals surface area (Å²) < 4.78 is 1.65. The lowest BCUT2D eigenvalue weighted by Crippen LogP contribution is -2.15. The normalized spacial score (nSPS) is 10.6. The zero-order chi connectivity index (χ0) is 15.5. The van der Waals surface area contributed by atoms with Crippen LogP contribution in [0, 0.1) is 0 Å². The number of rotatable bonds is 4. The van der Waals surface area contributed by atoms with Gasteiger partial charge in [-0.25, -0.2) is 4.52 Å². The van der Waals surface area contributed by atoms with Gasteiger partial charge in [0.05, 0.1) is 17.3 Å². The van der Waals surface area contributed by atoms with E-state index in [4.69, 9.17) is 11.6 Å². The maximum absolute atomic E-state index is 12.3. The molecule has 0 saturated carbocycles. The number of carbonyl (C=O) groups is 1. The van der Waals surface area contributed by atoms with Crippen LogP contribution in [-0.4, -0.2) is 20.5 Å². The molecule has 1 amide bonds. The van der Waals surface area contributed by atoms with E-state index in [1.165, 1.54) is 6.20 Å². The summed E-state index contributed by atoms with van der Waals surface area (Å²) in [6, 6.07) is 6.87. The standard InChI is InChI=1S/C16H13ClN4O/c1-2-4-11-10-19-21-14(11)7-13(17)8-15(21)20-16(22)12-5-3-6-18-9-12/h2-3,5-10H,1,4H2,(H,20,22). The fourth-order valence-electron chi connectivity index (χ4n) is 2.19. The van der Waals surface area contributed by atoms with E-state index in [2.05, 4.69) is 22.0 Å². The smallest absolute Gasteiger partial charge is 0.258 e. The quantitative estimate of drug-likeness (QED) is 0.751. The molecular weight excluding hydrogens is 300 g/mol. The molecule has 0 bridgehead atoms. The fourth-order valence-corrected chi connectivity index (χ4v) is 2.40. The first-order valence-electron chi connectivity index (χ1n) is 6.67. The van der Waals surface area contributed by atoms with E-state index in [-0.39, 0.29) is 5.91 Å². The van der Waals surface area contributed by atoms with Crippen LogP contribution in [0.25, 0.3) is 5.52 Å². The van der Waals surface area contributed by atoms with Crippen molar-refractivity contribution in [2.24, 2.45) is 0 Å². The van der Waals surface area contributed by atoms with E-state index in [9.17, 15) is 4.79 Å². The fraction of sp³-hybridized carbons (Fsp3) is 0.0625. The summed E-state index contributed by atoms with van der Waals surface area (Å²) in [4.78, 5) is 16.2. The van der Waals surface area contributed by atoms with Crippen molar-refractivity contribution in [2.75, 3.05) is 5.32 Å². The van der Waals surface area contributed by atoms with Gasteiger partial charge in [0, 0.05) is 23.0 Å². The highest BCUT2D eigenvalue weighted by molar-refractivity contribution is 6.31. The average Bonchev–Trinajstić information content (AvgIpc) is 2.92. The van der Waals surface area contributed by atoms with Crippen molar-refractivity contribution in [3.63, 3.8) is 0 Å². The van der Waals surface area contributed by atoms with Gasteiger partial charge in [-0.2, -0.15) is 5.10 Å². The van der Waals surface area contributed by atoms with Crippen LogP contribution in [-0.2, 0) is 6.42 Å². The molecule has 1 N–H and O–H groups in total. The minimum Gasteiger partial charge on any atom is -0.306 e. The Kier molecular flexibility index (Phi) is 3.89. The largest absolute Gasteiger partial charge is 0.306 e. The second kappa shape index (κ2) is 5.99. The number of allylic oxidation sites excluding steroid dienone is 1. The lowest BCUT2D eigenvalue weighted by Gasteiger charge is -2.08. The third-order valence-electron chi connectivity index (χ3n) is 3.19. The predicted octanol–water partition coefficient (Wildman–Crippen LogP) is 3.36. The molecule has 0 aromatic carbocycles. The molecule has 0 atom stereocenters. The number of hydrogen-bond acceptors (Lipinski definition) is 3. The molecule has 6 heteroatoms. The van der Waals surface area contributed by atoms with Crippen molar-refractivity contribution in [1.29, 1.82) is 0 Å². The number of carbonyl (C=O) groups excluding carboxylic acids is 1. The molecule has 0 aliphatic carbocycles. The molecule has 0 aliphatic rings. The molecule has 0 spiro atoms. The van der Waals surface area contributed by atoms with Crippen molar-refractivity contribution in [3.8, 4) is 0 Å². The van der Waals surface area contributed by atoms with Crippen molar-refractivity contribution in [3.05, 3.63) is 71.7 Å². The van der Waals surface area contributed by atoms with Gasteiger partial charge in [0.2, 0.25) is 0 Å². The molecule has 3 aromatic heterocycles. The lowest BCUT2D eigenvalue weighted by molar-refractivity contribution is 0.102. The summed E-state index contributed by atoms with van der Waals surface area (Å²) in [6.07, 6.45) is 7.34. The first kappa shape index (κ1) is 14.3. The molecular formula is C16H13ClN4O. The number of halogens is 1. The van der Waals surface area contributed by atoms with Gasteiger partial charge in [0.1, 0.15) is 5.82 Å². The number of nitrogens with zero attached hydrogens (tertiary/aromatic N) is 3. The number of aromatic nitrogens is 3. The van der Waals surface area contributed by atoms with Crippen LogP contribution in [0.1, 0.15) is 15.9 Å². The highest BCUT2D eigenvalue weighted by Gasteiger charge is 2.12. The number of nitrogens with one attached hydrogen (secondary N) is 1. The molecule has 0 fully saturated rings. The maximum Gasteiger partial charge on any atom is 0.258 e. The Balaban J connectivity index is 2.00.